The Morgan fingerprint density at radius 1 is 1.18 bits per heavy atom. The number of aliphatic hydroxyl groups excluding tert-OH is 1. The summed E-state index contributed by atoms with van der Waals surface area (Å²) in [6.45, 7) is 4.96. The summed E-state index contributed by atoms with van der Waals surface area (Å²) in [5.41, 5.74) is 4.49. The van der Waals surface area contributed by atoms with Crippen LogP contribution in [0.15, 0.2) is 24.5 Å². The molecule has 0 amide bonds. The average molecular weight is 455 g/mol. The van der Waals surface area contributed by atoms with E-state index in [1.807, 2.05) is 23.9 Å². The van der Waals surface area contributed by atoms with Gasteiger partial charge in [0.15, 0.2) is 5.65 Å². The second kappa shape index (κ2) is 11.7. The first-order valence-electron chi connectivity index (χ1n) is 11.3. The number of ether oxygens (including phenoxy) is 1. The zero-order chi connectivity index (χ0) is 23.8. The lowest BCUT2D eigenvalue weighted by molar-refractivity contribution is -0.0979. The minimum Gasteiger partial charge on any atom is -0.495 e. The Labute approximate surface area is 194 Å². The monoisotopic (exact) mass is 454 g/mol. The van der Waals surface area contributed by atoms with E-state index >= 15 is 0 Å². The van der Waals surface area contributed by atoms with E-state index in [9.17, 15) is 0 Å². The Kier molecular flexibility index (Phi) is 8.73. The zero-order valence-electron chi connectivity index (χ0n) is 19.8. The van der Waals surface area contributed by atoms with Gasteiger partial charge in [0.2, 0.25) is 5.95 Å². The number of aliphatic hydroxyl groups is 1. The summed E-state index contributed by atoms with van der Waals surface area (Å²) < 4.78 is 7.69. The van der Waals surface area contributed by atoms with Crippen molar-refractivity contribution in [2.24, 2.45) is 5.92 Å². The van der Waals surface area contributed by atoms with Crippen LogP contribution < -0.4 is 10.1 Å². The van der Waals surface area contributed by atoms with Crippen LogP contribution in [0.1, 0.15) is 36.8 Å². The molecule has 33 heavy (non-hydrogen) atoms. The number of aromatic nitrogens is 4. The third-order valence-corrected chi connectivity index (χ3v) is 6.25. The molecule has 178 valence electrons. The van der Waals surface area contributed by atoms with Gasteiger partial charge in [-0.25, -0.2) is 9.67 Å². The normalized spacial score (nSPS) is 15.8. The van der Waals surface area contributed by atoms with Gasteiger partial charge < -0.3 is 24.9 Å². The molecule has 2 N–H and O–H groups in total. The van der Waals surface area contributed by atoms with Gasteiger partial charge in [-0.15, -0.1) is 0 Å². The summed E-state index contributed by atoms with van der Waals surface area (Å²) in [6.07, 6.45) is 10.0. The molecule has 3 heterocycles. The molecule has 0 radical (unpaired) electrons. The van der Waals surface area contributed by atoms with Gasteiger partial charge in [0.25, 0.3) is 0 Å². The van der Waals surface area contributed by atoms with Gasteiger partial charge in [-0.3, -0.25) is 0 Å². The Morgan fingerprint density at radius 3 is 2.67 bits per heavy atom. The Balaban J connectivity index is 0.000000728. The molecule has 0 bridgehead atoms. The van der Waals surface area contributed by atoms with Gasteiger partial charge in [0.1, 0.15) is 12.5 Å². The van der Waals surface area contributed by atoms with Gasteiger partial charge in [-0.1, -0.05) is 12.8 Å². The summed E-state index contributed by atoms with van der Waals surface area (Å²) >= 11 is 0. The van der Waals surface area contributed by atoms with Crippen LogP contribution in [-0.2, 0) is 24.3 Å². The lowest BCUT2D eigenvalue weighted by Gasteiger charge is -2.26. The van der Waals surface area contributed by atoms with Gasteiger partial charge in [-0.2, -0.15) is 10.1 Å². The van der Waals surface area contributed by atoms with Crippen LogP contribution in [0.4, 0.5) is 11.6 Å². The number of nitrogens with one attached hydrogen (secondary N) is 1. The molecular weight excluding hydrogens is 420 g/mol. The zero-order valence-corrected chi connectivity index (χ0v) is 19.8. The van der Waals surface area contributed by atoms with E-state index in [4.69, 9.17) is 19.6 Å². The molecule has 0 spiro atoms. The summed E-state index contributed by atoms with van der Waals surface area (Å²) in [5, 5.41) is 15.9. The molecule has 2 aliphatic rings. The molecule has 1 aliphatic carbocycles. The van der Waals surface area contributed by atoms with Crippen LogP contribution >= 0.6 is 0 Å². The molecule has 3 aromatic rings. The van der Waals surface area contributed by atoms with Crippen LogP contribution in [0.2, 0.25) is 0 Å². The summed E-state index contributed by atoms with van der Waals surface area (Å²) in [6, 6.07) is 4.32. The summed E-state index contributed by atoms with van der Waals surface area (Å²) in [5.74, 6) is 2.12. The lowest BCUT2D eigenvalue weighted by atomic mass is 9.99. The first-order chi connectivity index (χ1) is 16.2. The smallest absolute Gasteiger partial charge is 0.229 e. The fraction of sp³-hybridized carbons (Fsp3) is 0.500. The van der Waals surface area contributed by atoms with E-state index in [1.165, 1.54) is 36.8 Å². The minimum absolute atomic E-state index is 0.577. The van der Waals surface area contributed by atoms with Crippen LogP contribution in [0.3, 0.4) is 0 Å². The summed E-state index contributed by atoms with van der Waals surface area (Å²) in [4.78, 5) is 19.6. The first kappa shape index (κ1) is 24.6. The predicted octanol–water partition coefficient (Wildman–Crippen LogP) is 3.18. The maximum absolute atomic E-state index is 8.00. The van der Waals surface area contributed by atoms with Crippen molar-refractivity contribution >= 4 is 29.5 Å². The van der Waals surface area contributed by atoms with Crippen LogP contribution in [-0.4, -0.2) is 64.4 Å². The van der Waals surface area contributed by atoms with Crippen LogP contribution in [0.5, 0.6) is 5.75 Å². The van der Waals surface area contributed by atoms with Crippen molar-refractivity contribution in [3.8, 4) is 5.75 Å². The predicted molar refractivity (Wildman–Crippen MR) is 129 cm³/mol. The number of carbonyl (C=O) groups is 1. The van der Waals surface area contributed by atoms with E-state index < -0.39 is 0 Å². The SMILES string of the molecule is C=O.CO.COc1cc2c(cc1Nc1ncc3cnn(CC4CCCC4)c3n1)CN(C)CC2. The number of benzene rings is 1. The third-order valence-electron chi connectivity index (χ3n) is 6.25. The standard InChI is InChI=1S/C22H28N6O.CH4O.CH2O/c1-27-8-7-16-10-20(29-2)19(9-17(16)14-27)25-22-23-11-18-12-24-28(21(18)26-22)13-15-5-3-4-6-15;2*1-2/h9-12,15H,3-8,13-14H2,1-2H3,(H,23,25,26);2H,1H3;1H2. The highest BCUT2D eigenvalue weighted by molar-refractivity contribution is 5.76. The molecule has 9 nitrogen and oxygen atoms in total. The second-order valence-electron chi connectivity index (χ2n) is 8.38. The number of fused-ring (bicyclic) bond motifs is 2. The number of carbonyl (C=O) groups excluding carboxylic acids is 1. The first-order valence-corrected chi connectivity index (χ1v) is 11.3. The highest BCUT2D eigenvalue weighted by atomic mass is 16.5. The number of likely N-dealkylation sites (N-methyl/N-ethyl adjacent to an activating group) is 1. The van der Waals surface area contributed by atoms with Crippen molar-refractivity contribution in [3.05, 3.63) is 35.7 Å². The molecule has 0 saturated heterocycles. The van der Waals surface area contributed by atoms with Crippen molar-refractivity contribution in [2.75, 3.05) is 33.1 Å². The fourth-order valence-corrected chi connectivity index (χ4v) is 4.61. The van der Waals surface area contributed by atoms with Gasteiger partial charge >= 0.3 is 0 Å². The van der Waals surface area contributed by atoms with E-state index in [0.29, 0.717) is 11.9 Å². The molecule has 9 heteroatoms. The molecule has 0 atom stereocenters. The fourth-order valence-electron chi connectivity index (χ4n) is 4.61. The maximum Gasteiger partial charge on any atom is 0.229 e. The Morgan fingerprint density at radius 2 is 1.94 bits per heavy atom. The van der Waals surface area contributed by atoms with E-state index in [-0.39, 0.29) is 0 Å². The third kappa shape index (κ3) is 5.66. The molecule has 0 unspecified atom stereocenters. The number of rotatable bonds is 5. The van der Waals surface area contributed by atoms with E-state index in [1.54, 1.807) is 7.11 Å². The Hall–Kier alpha value is -3.04. The average Bonchev–Trinajstić information content (AvgIpc) is 3.52. The Bertz CT molecular complexity index is 1050. The topological polar surface area (TPSA) is 105 Å². The summed E-state index contributed by atoms with van der Waals surface area (Å²) in [7, 11) is 4.87. The van der Waals surface area contributed by atoms with Crippen LogP contribution in [0, 0.1) is 5.92 Å². The van der Waals surface area contributed by atoms with Crippen molar-refractivity contribution in [2.45, 2.75) is 45.2 Å². The molecule has 5 rings (SSSR count). The van der Waals surface area contributed by atoms with Gasteiger partial charge in [-0.05, 0) is 55.5 Å². The van der Waals surface area contributed by atoms with Crippen molar-refractivity contribution < 1.29 is 14.6 Å². The van der Waals surface area contributed by atoms with Gasteiger partial charge in [0, 0.05) is 32.9 Å². The number of hydrogen-bond donors (Lipinski definition) is 2. The van der Waals surface area contributed by atoms with Crippen molar-refractivity contribution in [1.29, 1.82) is 0 Å². The van der Waals surface area contributed by atoms with E-state index in [2.05, 4.69) is 39.5 Å². The van der Waals surface area contributed by atoms with Crippen LogP contribution in [0.25, 0.3) is 11.0 Å². The van der Waals surface area contributed by atoms with Gasteiger partial charge in [0.05, 0.1) is 24.4 Å². The molecule has 1 fully saturated rings. The molecule has 2 aromatic heterocycles. The van der Waals surface area contributed by atoms with Crippen molar-refractivity contribution in [3.63, 3.8) is 0 Å². The quantitative estimate of drug-likeness (QED) is 0.606. The number of hydrogen-bond acceptors (Lipinski definition) is 8. The maximum atomic E-state index is 8.00. The van der Waals surface area contributed by atoms with Crippen molar-refractivity contribution in [1.82, 2.24) is 24.6 Å². The number of nitrogens with zero attached hydrogens (tertiary/aromatic N) is 5. The second-order valence-corrected chi connectivity index (χ2v) is 8.38. The molecule has 1 aliphatic heterocycles. The minimum atomic E-state index is 0.577. The largest absolute Gasteiger partial charge is 0.495 e. The highest BCUT2D eigenvalue weighted by Gasteiger charge is 2.19. The van der Waals surface area contributed by atoms with E-state index in [0.717, 1.165) is 55.6 Å². The highest BCUT2D eigenvalue weighted by Crippen LogP contribution is 2.33. The molecular formula is C24H34N6O3. The molecule has 1 saturated carbocycles. The number of anilines is 2. The molecule has 1 aromatic carbocycles. The number of methoxy groups -OCH3 is 1. The lowest BCUT2D eigenvalue weighted by Crippen LogP contribution is -2.26.